The van der Waals surface area contributed by atoms with Crippen LogP contribution >= 0.6 is 0 Å². The minimum absolute atomic E-state index is 0.0235. The lowest BCUT2D eigenvalue weighted by atomic mass is 10.0. The van der Waals surface area contributed by atoms with Gasteiger partial charge in [-0.25, -0.2) is 9.59 Å². The summed E-state index contributed by atoms with van der Waals surface area (Å²) in [7, 11) is 0. The average molecular weight is 376 g/mol. The van der Waals surface area contributed by atoms with Gasteiger partial charge in [0.2, 0.25) is 0 Å². The summed E-state index contributed by atoms with van der Waals surface area (Å²) in [6, 6.07) is 8.66. The molecule has 1 N–H and O–H groups in total. The van der Waals surface area contributed by atoms with Gasteiger partial charge in [0.1, 0.15) is 5.60 Å². The molecule has 1 aliphatic rings. The number of nitrogens with zero attached hydrogens (tertiary/aromatic N) is 1. The highest BCUT2D eigenvalue weighted by Gasteiger charge is 2.33. The van der Waals surface area contributed by atoms with Crippen molar-refractivity contribution in [3.8, 4) is 0 Å². The van der Waals surface area contributed by atoms with Gasteiger partial charge in [0.05, 0.1) is 6.42 Å². The SMILES string of the molecule is CC(C)(C)OC(=O)NC(CC(=O)ON1C(=O)CCC1=O)Cc1ccccc1. The zero-order valence-corrected chi connectivity index (χ0v) is 15.7. The highest BCUT2D eigenvalue weighted by molar-refractivity contribution is 6.01. The van der Waals surface area contributed by atoms with E-state index in [4.69, 9.17) is 9.57 Å². The number of benzene rings is 1. The monoisotopic (exact) mass is 376 g/mol. The van der Waals surface area contributed by atoms with E-state index in [1.807, 2.05) is 30.3 Å². The minimum Gasteiger partial charge on any atom is -0.444 e. The minimum atomic E-state index is -0.782. The van der Waals surface area contributed by atoms with Crippen LogP contribution in [0, 0.1) is 0 Å². The number of hydroxylamine groups is 2. The van der Waals surface area contributed by atoms with Crippen LogP contribution in [0.1, 0.15) is 45.6 Å². The molecular formula is C19H24N2O6. The number of carbonyl (C=O) groups excluding carboxylic acids is 4. The van der Waals surface area contributed by atoms with Crippen LogP contribution in [0.3, 0.4) is 0 Å². The van der Waals surface area contributed by atoms with E-state index in [0.29, 0.717) is 11.5 Å². The standard InChI is InChI=1S/C19H24N2O6/c1-19(2,3)26-18(25)20-14(11-13-7-5-4-6-8-13)12-17(24)27-21-15(22)9-10-16(21)23/h4-8,14H,9-12H2,1-3H3,(H,20,25). The molecule has 1 aliphatic heterocycles. The van der Waals surface area contributed by atoms with Crippen LogP contribution < -0.4 is 5.32 Å². The molecule has 1 saturated heterocycles. The fourth-order valence-electron chi connectivity index (χ4n) is 2.55. The third-order valence-corrected chi connectivity index (χ3v) is 3.66. The van der Waals surface area contributed by atoms with Gasteiger partial charge in [-0.15, -0.1) is 5.06 Å². The molecule has 8 heteroatoms. The molecule has 0 saturated carbocycles. The molecule has 27 heavy (non-hydrogen) atoms. The van der Waals surface area contributed by atoms with Crippen LogP contribution in [0.2, 0.25) is 0 Å². The normalized spacial score (nSPS) is 15.4. The van der Waals surface area contributed by atoms with Gasteiger partial charge in [0.25, 0.3) is 11.8 Å². The van der Waals surface area contributed by atoms with E-state index in [9.17, 15) is 19.2 Å². The summed E-state index contributed by atoms with van der Waals surface area (Å²) in [6.07, 6.45) is -0.474. The second-order valence-corrected chi connectivity index (χ2v) is 7.28. The average Bonchev–Trinajstić information content (AvgIpc) is 2.85. The summed E-state index contributed by atoms with van der Waals surface area (Å²) in [5, 5.41) is 3.15. The van der Waals surface area contributed by atoms with E-state index in [-0.39, 0.29) is 19.3 Å². The first-order chi connectivity index (χ1) is 12.6. The molecule has 1 aromatic carbocycles. The van der Waals surface area contributed by atoms with Gasteiger partial charge in [0, 0.05) is 18.9 Å². The van der Waals surface area contributed by atoms with Crippen molar-refractivity contribution in [2.45, 2.75) is 58.1 Å². The zero-order valence-electron chi connectivity index (χ0n) is 15.7. The summed E-state index contributed by atoms with van der Waals surface area (Å²) in [4.78, 5) is 52.3. The van der Waals surface area contributed by atoms with Gasteiger partial charge < -0.3 is 14.9 Å². The molecule has 0 bridgehead atoms. The smallest absolute Gasteiger partial charge is 0.407 e. The Morgan fingerprint density at radius 1 is 1.11 bits per heavy atom. The third kappa shape index (κ3) is 6.73. The Labute approximate surface area is 157 Å². The van der Waals surface area contributed by atoms with Crippen LogP contribution in [0.5, 0.6) is 0 Å². The molecule has 2 rings (SSSR count). The Balaban J connectivity index is 2.02. The summed E-state index contributed by atoms with van der Waals surface area (Å²) in [5.74, 6) is -1.88. The predicted octanol–water partition coefficient (Wildman–Crippen LogP) is 2.12. The van der Waals surface area contributed by atoms with E-state index in [1.165, 1.54) is 0 Å². The van der Waals surface area contributed by atoms with Gasteiger partial charge in [-0.3, -0.25) is 9.59 Å². The lowest BCUT2D eigenvalue weighted by molar-refractivity contribution is -0.197. The van der Waals surface area contributed by atoms with Crippen LogP contribution in [0.4, 0.5) is 4.79 Å². The molecule has 0 aliphatic carbocycles. The zero-order chi connectivity index (χ0) is 20.0. The molecule has 1 fully saturated rings. The number of imide groups is 1. The fraction of sp³-hybridized carbons (Fsp3) is 0.474. The van der Waals surface area contributed by atoms with E-state index in [1.54, 1.807) is 20.8 Å². The van der Waals surface area contributed by atoms with Gasteiger partial charge in [0.15, 0.2) is 0 Å². The maximum atomic E-state index is 12.2. The Morgan fingerprint density at radius 2 is 1.70 bits per heavy atom. The molecule has 3 amide bonds. The predicted molar refractivity (Wildman–Crippen MR) is 95.1 cm³/mol. The molecule has 146 valence electrons. The van der Waals surface area contributed by atoms with Crippen LogP contribution in [-0.4, -0.2) is 40.6 Å². The first kappa shape index (κ1) is 20.4. The van der Waals surface area contributed by atoms with Crippen molar-refractivity contribution < 1.29 is 28.8 Å². The van der Waals surface area contributed by atoms with Crippen molar-refractivity contribution in [3.05, 3.63) is 35.9 Å². The number of hydrogen-bond acceptors (Lipinski definition) is 6. The molecule has 0 radical (unpaired) electrons. The van der Waals surface area contributed by atoms with E-state index in [0.717, 1.165) is 5.56 Å². The third-order valence-electron chi connectivity index (χ3n) is 3.66. The fourth-order valence-corrected chi connectivity index (χ4v) is 2.55. The molecular weight excluding hydrogens is 352 g/mol. The first-order valence-corrected chi connectivity index (χ1v) is 8.74. The van der Waals surface area contributed by atoms with E-state index in [2.05, 4.69) is 5.32 Å². The summed E-state index contributed by atoms with van der Waals surface area (Å²) >= 11 is 0. The molecule has 8 nitrogen and oxygen atoms in total. The van der Waals surface area contributed by atoms with Crippen molar-refractivity contribution >= 4 is 23.9 Å². The Hall–Kier alpha value is -2.90. The van der Waals surface area contributed by atoms with Gasteiger partial charge in [-0.2, -0.15) is 0 Å². The second-order valence-electron chi connectivity index (χ2n) is 7.28. The quantitative estimate of drug-likeness (QED) is 0.763. The number of alkyl carbamates (subject to hydrolysis) is 1. The van der Waals surface area contributed by atoms with Crippen molar-refractivity contribution in [3.63, 3.8) is 0 Å². The number of carbonyl (C=O) groups is 4. The lowest BCUT2D eigenvalue weighted by Crippen LogP contribution is -2.42. The maximum Gasteiger partial charge on any atom is 0.407 e. The Morgan fingerprint density at radius 3 is 2.26 bits per heavy atom. The molecule has 0 spiro atoms. The lowest BCUT2D eigenvalue weighted by Gasteiger charge is -2.23. The van der Waals surface area contributed by atoms with Crippen molar-refractivity contribution in [2.24, 2.45) is 0 Å². The number of amides is 3. The number of nitrogens with one attached hydrogen (secondary N) is 1. The van der Waals surface area contributed by atoms with Gasteiger partial charge >= 0.3 is 12.1 Å². The largest absolute Gasteiger partial charge is 0.444 e. The van der Waals surface area contributed by atoms with E-state index < -0.39 is 35.5 Å². The number of rotatable bonds is 6. The van der Waals surface area contributed by atoms with Crippen LogP contribution in [-0.2, 0) is 30.4 Å². The Bertz CT molecular complexity index is 695. The maximum absolute atomic E-state index is 12.2. The van der Waals surface area contributed by atoms with Gasteiger partial charge in [-0.1, -0.05) is 30.3 Å². The van der Waals surface area contributed by atoms with Crippen molar-refractivity contribution in [1.29, 1.82) is 0 Å². The molecule has 1 atom stereocenters. The summed E-state index contributed by atoms with van der Waals surface area (Å²) < 4.78 is 5.23. The molecule has 0 aromatic heterocycles. The van der Waals surface area contributed by atoms with Crippen molar-refractivity contribution in [1.82, 2.24) is 10.4 Å². The summed E-state index contributed by atoms with van der Waals surface area (Å²) in [6.45, 7) is 5.20. The second kappa shape index (κ2) is 8.66. The highest BCUT2D eigenvalue weighted by Crippen LogP contribution is 2.15. The van der Waals surface area contributed by atoms with Gasteiger partial charge in [-0.05, 0) is 32.8 Å². The highest BCUT2D eigenvalue weighted by atomic mass is 16.7. The van der Waals surface area contributed by atoms with Crippen LogP contribution in [0.25, 0.3) is 0 Å². The molecule has 1 unspecified atom stereocenters. The molecule has 1 heterocycles. The summed E-state index contributed by atoms with van der Waals surface area (Å²) in [5.41, 5.74) is 0.218. The number of hydrogen-bond donors (Lipinski definition) is 1. The topological polar surface area (TPSA) is 102 Å². The van der Waals surface area contributed by atoms with E-state index >= 15 is 0 Å². The number of ether oxygens (including phenoxy) is 1. The first-order valence-electron chi connectivity index (χ1n) is 8.74. The van der Waals surface area contributed by atoms with Crippen molar-refractivity contribution in [2.75, 3.05) is 0 Å². The Kier molecular flexibility index (Phi) is 6.55. The van der Waals surface area contributed by atoms with Crippen LogP contribution in [0.15, 0.2) is 30.3 Å². The molecule has 1 aromatic rings.